The standard InChI is InChI=1S/C12H15BrN2O3/c1-2-9-6-18-7-12(17)15(9)11-4-8(5-16)3-10(13)14-11/h3-4,9,16H,2,5-7H2,1H3. The molecule has 2 rings (SSSR count). The molecule has 1 unspecified atom stereocenters. The van der Waals surface area contributed by atoms with E-state index in [4.69, 9.17) is 4.74 Å². The van der Waals surface area contributed by atoms with Crippen molar-refractivity contribution in [2.45, 2.75) is 26.0 Å². The predicted molar refractivity (Wildman–Crippen MR) is 70.2 cm³/mol. The lowest BCUT2D eigenvalue weighted by molar-refractivity contribution is -0.127. The van der Waals surface area contributed by atoms with E-state index in [1.165, 1.54) is 0 Å². The minimum atomic E-state index is -0.0948. The fourth-order valence-electron chi connectivity index (χ4n) is 1.99. The maximum absolute atomic E-state index is 12.0. The van der Waals surface area contributed by atoms with Crippen molar-refractivity contribution in [3.8, 4) is 0 Å². The molecule has 0 radical (unpaired) electrons. The Bertz CT molecular complexity index is 453. The third-order valence-corrected chi connectivity index (χ3v) is 3.32. The van der Waals surface area contributed by atoms with E-state index < -0.39 is 0 Å². The lowest BCUT2D eigenvalue weighted by atomic mass is 10.1. The molecule has 0 spiro atoms. The maximum Gasteiger partial charge on any atom is 0.254 e. The van der Waals surface area contributed by atoms with Gasteiger partial charge in [0.2, 0.25) is 0 Å². The van der Waals surface area contributed by atoms with Gasteiger partial charge in [-0.05, 0) is 40.0 Å². The topological polar surface area (TPSA) is 62.7 Å². The van der Waals surface area contributed by atoms with Crippen molar-refractivity contribution in [2.75, 3.05) is 18.1 Å². The number of aliphatic hydroxyl groups excluding tert-OH is 1. The van der Waals surface area contributed by atoms with Gasteiger partial charge in [-0.2, -0.15) is 0 Å². The van der Waals surface area contributed by atoms with Crippen LogP contribution in [0, 0.1) is 0 Å². The van der Waals surface area contributed by atoms with E-state index in [1.54, 1.807) is 17.0 Å². The van der Waals surface area contributed by atoms with Crippen molar-refractivity contribution in [3.05, 3.63) is 22.3 Å². The molecule has 1 fully saturated rings. The van der Waals surface area contributed by atoms with Crippen LogP contribution in [0.25, 0.3) is 0 Å². The van der Waals surface area contributed by atoms with Gasteiger partial charge >= 0.3 is 0 Å². The van der Waals surface area contributed by atoms with E-state index in [1.807, 2.05) is 6.92 Å². The molecule has 1 aromatic rings. The van der Waals surface area contributed by atoms with Crippen LogP contribution >= 0.6 is 15.9 Å². The number of nitrogens with zero attached hydrogens (tertiary/aromatic N) is 2. The molecule has 1 N–H and O–H groups in total. The summed E-state index contributed by atoms with van der Waals surface area (Å²) >= 11 is 3.29. The summed E-state index contributed by atoms with van der Waals surface area (Å²) in [6.07, 6.45) is 0.800. The van der Waals surface area contributed by atoms with Crippen molar-refractivity contribution in [1.82, 2.24) is 4.98 Å². The van der Waals surface area contributed by atoms with Gasteiger partial charge in [0.1, 0.15) is 17.0 Å². The fourth-order valence-corrected chi connectivity index (χ4v) is 2.47. The zero-order valence-corrected chi connectivity index (χ0v) is 11.7. The average Bonchev–Trinajstić information content (AvgIpc) is 2.37. The highest BCUT2D eigenvalue weighted by Gasteiger charge is 2.30. The molecule has 5 nitrogen and oxygen atoms in total. The molecule has 1 amide bonds. The van der Waals surface area contributed by atoms with Crippen LogP contribution in [-0.4, -0.2) is 35.3 Å². The van der Waals surface area contributed by atoms with Crippen molar-refractivity contribution in [2.24, 2.45) is 0 Å². The van der Waals surface area contributed by atoms with Crippen LogP contribution in [-0.2, 0) is 16.1 Å². The Balaban J connectivity index is 2.38. The van der Waals surface area contributed by atoms with E-state index >= 15 is 0 Å². The molecular formula is C12H15BrN2O3. The molecule has 1 atom stereocenters. The number of morpholine rings is 1. The predicted octanol–water partition coefficient (Wildman–Crippen LogP) is 1.48. The summed E-state index contributed by atoms with van der Waals surface area (Å²) in [7, 11) is 0. The van der Waals surface area contributed by atoms with Gasteiger partial charge in [-0.1, -0.05) is 6.92 Å². The number of amides is 1. The molecule has 98 valence electrons. The molecule has 1 saturated heterocycles. The second-order valence-electron chi connectivity index (χ2n) is 4.16. The van der Waals surface area contributed by atoms with Crippen LogP contribution in [0.5, 0.6) is 0 Å². The van der Waals surface area contributed by atoms with E-state index in [0.717, 1.165) is 12.0 Å². The number of carbonyl (C=O) groups excluding carboxylic acids is 1. The van der Waals surface area contributed by atoms with Gasteiger partial charge < -0.3 is 9.84 Å². The molecule has 1 aliphatic rings. The monoisotopic (exact) mass is 314 g/mol. The Morgan fingerprint density at radius 2 is 2.39 bits per heavy atom. The van der Waals surface area contributed by atoms with Crippen LogP contribution in [0.3, 0.4) is 0 Å². The molecular weight excluding hydrogens is 300 g/mol. The molecule has 0 aliphatic carbocycles. The Morgan fingerprint density at radius 3 is 3.06 bits per heavy atom. The molecule has 2 heterocycles. The summed E-state index contributed by atoms with van der Waals surface area (Å²) in [6, 6.07) is 3.46. The van der Waals surface area contributed by atoms with Crippen LogP contribution in [0.4, 0.5) is 5.82 Å². The minimum absolute atomic E-state index is 0.000377. The highest BCUT2D eigenvalue weighted by molar-refractivity contribution is 9.10. The SMILES string of the molecule is CCC1COCC(=O)N1c1cc(CO)cc(Br)n1. The number of rotatable bonds is 3. The fraction of sp³-hybridized carbons (Fsp3) is 0.500. The molecule has 0 bridgehead atoms. The number of pyridine rings is 1. The van der Waals surface area contributed by atoms with E-state index in [2.05, 4.69) is 20.9 Å². The summed E-state index contributed by atoms with van der Waals surface area (Å²) < 4.78 is 5.85. The normalized spacial score (nSPS) is 20.3. The highest BCUT2D eigenvalue weighted by Crippen LogP contribution is 2.24. The quantitative estimate of drug-likeness (QED) is 0.858. The largest absolute Gasteiger partial charge is 0.392 e. The first kappa shape index (κ1) is 13.5. The van der Waals surface area contributed by atoms with Gasteiger partial charge in [0.25, 0.3) is 5.91 Å². The summed E-state index contributed by atoms with van der Waals surface area (Å²) in [5, 5.41) is 9.20. The number of aromatic nitrogens is 1. The number of hydrogen-bond acceptors (Lipinski definition) is 4. The summed E-state index contributed by atoms with van der Waals surface area (Å²) in [5.41, 5.74) is 0.723. The zero-order valence-electron chi connectivity index (χ0n) is 10.1. The molecule has 1 aliphatic heterocycles. The van der Waals surface area contributed by atoms with Gasteiger partial charge in [0, 0.05) is 0 Å². The van der Waals surface area contributed by atoms with Crippen molar-refractivity contribution < 1.29 is 14.6 Å². The molecule has 1 aromatic heterocycles. The maximum atomic E-state index is 12.0. The summed E-state index contributed by atoms with van der Waals surface area (Å²) in [5.74, 6) is 0.469. The Kier molecular flexibility index (Phi) is 4.31. The van der Waals surface area contributed by atoms with Crippen LogP contribution < -0.4 is 4.90 Å². The number of anilines is 1. The van der Waals surface area contributed by atoms with Gasteiger partial charge in [-0.3, -0.25) is 9.69 Å². The van der Waals surface area contributed by atoms with Crippen LogP contribution in [0.15, 0.2) is 16.7 Å². The molecule has 6 heteroatoms. The Labute approximate surface area is 114 Å². The second-order valence-corrected chi connectivity index (χ2v) is 4.97. The number of hydrogen-bond donors (Lipinski definition) is 1. The lowest BCUT2D eigenvalue weighted by Gasteiger charge is -2.34. The smallest absolute Gasteiger partial charge is 0.254 e. The zero-order chi connectivity index (χ0) is 13.1. The molecule has 0 aromatic carbocycles. The average molecular weight is 315 g/mol. The number of halogens is 1. The Hall–Kier alpha value is -0.980. The Morgan fingerprint density at radius 1 is 1.61 bits per heavy atom. The van der Waals surface area contributed by atoms with Crippen molar-refractivity contribution in [3.63, 3.8) is 0 Å². The third-order valence-electron chi connectivity index (χ3n) is 2.91. The van der Waals surface area contributed by atoms with Gasteiger partial charge in [-0.25, -0.2) is 4.98 Å². The number of ether oxygens (including phenoxy) is 1. The lowest BCUT2D eigenvalue weighted by Crippen LogP contribution is -2.49. The minimum Gasteiger partial charge on any atom is -0.392 e. The van der Waals surface area contributed by atoms with E-state index in [9.17, 15) is 9.90 Å². The number of aliphatic hydroxyl groups is 1. The number of carbonyl (C=O) groups is 1. The first-order chi connectivity index (χ1) is 8.65. The van der Waals surface area contributed by atoms with Gasteiger partial charge in [0.15, 0.2) is 0 Å². The van der Waals surface area contributed by atoms with Gasteiger partial charge in [0.05, 0.1) is 19.3 Å². The second kappa shape index (κ2) is 5.77. The first-order valence-electron chi connectivity index (χ1n) is 5.82. The molecule has 0 saturated carbocycles. The first-order valence-corrected chi connectivity index (χ1v) is 6.62. The van der Waals surface area contributed by atoms with Crippen molar-refractivity contribution in [1.29, 1.82) is 0 Å². The van der Waals surface area contributed by atoms with Gasteiger partial charge in [-0.15, -0.1) is 0 Å². The van der Waals surface area contributed by atoms with Crippen LogP contribution in [0.1, 0.15) is 18.9 Å². The summed E-state index contributed by atoms with van der Waals surface area (Å²) in [4.78, 5) is 17.9. The van der Waals surface area contributed by atoms with Crippen molar-refractivity contribution >= 4 is 27.7 Å². The third kappa shape index (κ3) is 2.71. The van der Waals surface area contributed by atoms with E-state index in [-0.39, 0.29) is 25.2 Å². The highest BCUT2D eigenvalue weighted by atomic mass is 79.9. The molecule has 18 heavy (non-hydrogen) atoms. The van der Waals surface area contributed by atoms with E-state index in [0.29, 0.717) is 17.0 Å². The summed E-state index contributed by atoms with van der Waals surface area (Å²) in [6.45, 7) is 2.53. The van der Waals surface area contributed by atoms with Crippen LogP contribution in [0.2, 0.25) is 0 Å².